The number of para-hydroxylation sites is 3. The second-order valence-corrected chi connectivity index (χ2v) is 20.5. The summed E-state index contributed by atoms with van der Waals surface area (Å²) >= 11 is 1.92. The topological polar surface area (TPSA) is 25.0 Å². The van der Waals surface area contributed by atoms with Crippen molar-refractivity contribution in [2.24, 2.45) is 0 Å². The van der Waals surface area contributed by atoms with Crippen LogP contribution in [0.5, 0.6) is 0 Å². The highest BCUT2D eigenvalue weighted by Crippen LogP contribution is 2.54. The lowest BCUT2D eigenvalue weighted by Gasteiger charge is -2.44. The molecule has 2 atom stereocenters. The summed E-state index contributed by atoms with van der Waals surface area (Å²) in [5.74, 6) is 1.40. The van der Waals surface area contributed by atoms with E-state index in [0.717, 1.165) is 46.4 Å². The Balaban J connectivity index is 1.14. The number of rotatable bonds is 4. The average Bonchev–Trinajstić information content (AvgIpc) is 3.96. The molecule has 4 nitrogen and oxygen atoms in total. The largest absolute Gasteiger partial charge is 0.455 e. The number of furan rings is 1. The molecule has 0 saturated carbocycles. The molecule has 13 rings (SSSR count). The molecule has 1 aliphatic carbocycles. The van der Waals surface area contributed by atoms with Gasteiger partial charge in [-0.2, -0.15) is 4.57 Å². The normalized spacial score (nSPS) is 17.1. The first-order valence-electron chi connectivity index (χ1n) is 22.8. The summed E-state index contributed by atoms with van der Waals surface area (Å²) in [7, 11) is 0. The van der Waals surface area contributed by atoms with Crippen molar-refractivity contribution < 1.29 is 13.6 Å². The summed E-state index contributed by atoms with van der Waals surface area (Å²) < 4.78 is 17.7. The molecule has 0 N–H and O–H groups in total. The summed E-state index contributed by atoms with van der Waals surface area (Å²) in [6, 6.07) is 54.8. The molecule has 10 aromatic rings. The van der Waals surface area contributed by atoms with Crippen LogP contribution in [0.3, 0.4) is 0 Å². The molecule has 2 unspecified atom stereocenters. The lowest BCUT2D eigenvalue weighted by molar-refractivity contribution is -0.662. The molecule has 3 aromatic heterocycles. The zero-order valence-corrected chi connectivity index (χ0v) is 37.8. The van der Waals surface area contributed by atoms with E-state index in [4.69, 9.17) is 4.42 Å². The molecule has 310 valence electrons. The molecular formula is C59H49N3OS+2. The van der Waals surface area contributed by atoms with E-state index in [2.05, 4.69) is 207 Å². The van der Waals surface area contributed by atoms with Gasteiger partial charge in [0.15, 0.2) is 22.7 Å². The molecule has 0 bridgehead atoms. The van der Waals surface area contributed by atoms with Gasteiger partial charge in [-0.3, -0.25) is 0 Å². The van der Waals surface area contributed by atoms with Gasteiger partial charge in [0.1, 0.15) is 29.4 Å². The van der Waals surface area contributed by atoms with Crippen molar-refractivity contribution in [3.05, 3.63) is 192 Å². The Morgan fingerprint density at radius 1 is 0.734 bits per heavy atom. The molecular weight excluding hydrogens is 799 g/mol. The van der Waals surface area contributed by atoms with Crippen molar-refractivity contribution >= 4 is 70.2 Å². The molecule has 0 radical (unpaired) electrons. The van der Waals surface area contributed by atoms with Crippen molar-refractivity contribution in [3.63, 3.8) is 0 Å². The van der Waals surface area contributed by atoms with Gasteiger partial charge in [-0.25, -0.2) is 9.14 Å². The monoisotopic (exact) mass is 847 g/mol. The van der Waals surface area contributed by atoms with Crippen LogP contribution >= 0.6 is 11.3 Å². The minimum atomic E-state index is -0.0218. The third-order valence-electron chi connectivity index (χ3n) is 14.6. The van der Waals surface area contributed by atoms with Crippen LogP contribution in [0.1, 0.15) is 62.8 Å². The van der Waals surface area contributed by atoms with Gasteiger partial charge >= 0.3 is 0 Å². The van der Waals surface area contributed by atoms with Gasteiger partial charge in [0, 0.05) is 48.2 Å². The van der Waals surface area contributed by atoms with E-state index >= 15 is 0 Å². The molecule has 0 amide bonds. The molecule has 0 saturated heterocycles. The number of aromatic nitrogens is 2. The Kier molecular flexibility index (Phi) is 8.01. The van der Waals surface area contributed by atoms with Crippen LogP contribution in [0.2, 0.25) is 0 Å². The van der Waals surface area contributed by atoms with Gasteiger partial charge in [-0.05, 0) is 102 Å². The predicted octanol–water partition coefficient (Wildman–Crippen LogP) is 14.2. The van der Waals surface area contributed by atoms with E-state index in [1.165, 1.54) is 87.0 Å². The van der Waals surface area contributed by atoms with Crippen molar-refractivity contribution in [3.8, 4) is 28.2 Å². The van der Waals surface area contributed by atoms with Crippen molar-refractivity contribution in [1.29, 1.82) is 0 Å². The number of hydrogen-bond acceptors (Lipinski definition) is 2. The van der Waals surface area contributed by atoms with Gasteiger partial charge in [0.2, 0.25) is 5.71 Å². The standard InChI is InChI=1S/C59H49N3OS/c1-7-47-42-31-43-39-20-12-16-24-52(39)64-53(43)32-45(42)55-44-29-36-25-27-40-38-19-11-15-23-51(38)63-57(40)54(36)58-60(33-46(44)56(55)61(47)34(2)3)49-21-13-14-22-50(49)62(58)48-28-26-37(59(4,5)6)30-41(48)35-17-9-8-10-18-35/h7-28,30-32,34,55-56H,1,29,33H2,2-6H3/q+2. The first-order chi connectivity index (χ1) is 31.2. The van der Waals surface area contributed by atoms with Crippen LogP contribution in [0.15, 0.2) is 174 Å². The zero-order valence-electron chi connectivity index (χ0n) is 36.9. The van der Waals surface area contributed by atoms with Crippen LogP contribution in [-0.2, 0) is 18.4 Å². The number of fused-ring (bicyclic) bond motifs is 17. The fourth-order valence-electron chi connectivity index (χ4n) is 11.7. The maximum Gasteiger partial charge on any atom is 0.299 e. The van der Waals surface area contributed by atoms with E-state index in [-0.39, 0.29) is 23.4 Å². The van der Waals surface area contributed by atoms with Crippen LogP contribution in [0, 0.1) is 0 Å². The van der Waals surface area contributed by atoms with Crippen LogP contribution in [-0.4, -0.2) is 26.9 Å². The van der Waals surface area contributed by atoms with Crippen LogP contribution in [0.25, 0.3) is 81.3 Å². The van der Waals surface area contributed by atoms with Crippen molar-refractivity contribution in [2.75, 3.05) is 0 Å². The molecule has 7 aromatic carbocycles. The van der Waals surface area contributed by atoms with E-state index in [9.17, 15) is 0 Å². The second kappa shape index (κ2) is 13.6. The fraction of sp³-hybridized carbons (Fsp3) is 0.186. The highest BCUT2D eigenvalue weighted by atomic mass is 32.1. The first-order valence-corrected chi connectivity index (χ1v) is 23.6. The smallest absolute Gasteiger partial charge is 0.299 e. The first kappa shape index (κ1) is 37.7. The quantitative estimate of drug-likeness (QED) is 0.128. The average molecular weight is 848 g/mol. The maximum absolute atomic E-state index is 7.10. The van der Waals surface area contributed by atoms with Gasteiger partial charge in [0.05, 0.1) is 11.5 Å². The minimum Gasteiger partial charge on any atom is -0.455 e. The second-order valence-electron chi connectivity index (χ2n) is 19.4. The number of allylic oxidation sites excluding steroid dienone is 1. The lowest BCUT2D eigenvalue weighted by atomic mass is 9.63. The summed E-state index contributed by atoms with van der Waals surface area (Å²) in [6.45, 7) is 16.9. The maximum atomic E-state index is 7.10. The Morgan fingerprint density at radius 3 is 2.31 bits per heavy atom. The summed E-state index contributed by atoms with van der Waals surface area (Å²) in [5.41, 5.74) is 18.6. The third kappa shape index (κ3) is 5.22. The summed E-state index contributed by atoms with van der Waals surface area (Å²) in [5, 5.41) is 4.96. The van der Waals surface area contributed by atoms with Crippen LogP contribution in [0.4, 0.5) is 0 Å². The van der Waals surface area contributed by atoms with Gasteiger partial charge in [-0.15, -0.1) is 11.3 Å². The molecule has 0 fully saturated rings. The van der Waals surface area contributed by atoms with E-state index in [1.54, 1.807) is 0 Å². The number of hydrogen-bond donors (Lipinski definition) is 0. The Labute approximate surface area is 377 Å². The molecule has 2 aliphatic heterocycles. The van der Waals surface area contributed by atoms with Gasteiger partial charge < -0.3 is 4.42 Å². The zero-order chi connectivity index (χ0) is 43.2. The summed E-state index contributed by atoms with van der Waals surface area (Å²) in [6.07, 6.45) is 2.97. The molecule has 3 aliphatic rings. The third-order valence-corrected chi connectivity index (χ3v) is 15.7. The van der Waals surface area contributed by atoms with Crippen molar-refractivity contribution in [2.45, 2.75) is 71.0 Å². The fourth-order valence-corrected chi connectivity index (χ4v) is 12.8. The number of nitrogens with zero attached hydrogens (tertiary/aromatic N) is 3. The Morgan fingerprint density at radius 2 is 1.50 bits per heavy atom. The SMILES string of the molecule is C=CC1=[N+](C(C)C)C2C3=C(Cc4ccc5c(oc6ccccc65)c4-c4n(-c5ccc(C(C)(C)C)cc5-c5ccccc5)c5ccccc5[n+]4C3)C2c2cc3sc4ccccc4c3cc21. The van der Waals surface area contributed by atoms with E-state index < -0.39 is 0 Å². The van der Waals surface area contributed by atoms with Gasteiger partial charge in [-0.1, -0.05) is 124 Å². The Hall–Kier alpha value is -6.82. The highest BCUT2D eigenvalue weighted by molar-refractivity contribution is 7.25. The predicted molar refractivity (Wildman–Crippen MR) is 267 cm³/mol. The summed E-state index contributed by atoms with van der Waals surface area (Å²) in [4.78, 5) is 0. The number of benzene rings is 7. The Bertz CT molecular complexity index is 3710. The highest BCUT2D eigenvalue weighted by Gasteiger charge is 2.55. The number of thiophene rings is 1. The molecule has 0 spiro atoms. The van der Waals surface area contributed by atoms with Gasteiger partial charge in [0.25, 0.3) is 5.82 Å². The lowest BCUT2D eigenvalue weighted by Crippen LogP contribution is -2.55. The number of imidazole rings is 1. The van der Waals surface area contributed by atoms with E-state index in [0.29, 0.717) is 0 Å². The molecule has 5 heterocycles. The van der Waals surface area contributed by atoms with Crippen molar-refractivity contribution in [1.82, 2.24) is 4.57 Å². The van der Waals surface area contributed by atoms with E-state index in [1.807, 2.05) is 11.3 Å². The minimum absolute atomic E-state index is 0.0218. The molecule has 64 heavy (non-hydrogen) atoms. The molecule has 5 heteroatoms. The van der Waals surface area contributed by atoms with Crippen LogP contribution < -0.4 is 4.57 Å².